The van der Waals surface area contributed by atoms with E-state index in [4.69, 9.17) is 4.42 Å². The van der Waals surface area contributed by atoms with Crippen LogP contribution in [0, 0.1) is 0 Å². The lowest BCUT2D eigenvalue weighted by atomic mass is 10.0. The minimum Gasteiger partial charge on any atom is -0.443 e. The summed E-state index contributed by atoms with van der Waals surface area (Å²) in [7, 11) is -3.49. The van der Waals surface area contributed by atoms with E-state index in [-0.39, 0.29) is 4.90 Å². The molecule has 0 fully saturated rings. The van der Waals surface area contributed by atoms with Crippen LogP contribution in [0.2, 0.25) is 0 Å². The van der Waals surface area contributed by atoms with Gasteiger partial charge in [-0.2, -0.15) is 0 Å². The van der Waals surface area contributed by atoms with Crippen molar-refractivity contribution in [2.45, 2.75) is 31.1 Å². The van der Waals surface area contributed by atoms with Crippen LogP contribution >= 0.6 is 0 Å². The third-order valence-electron chi connectivity index (χ3n) is 3.96. The summed E-state index contributed by atoms with van der Waals surface area (Å²) in [5.41, 5.74) is 3.62. The molecule has 24 heavy (non-hydrogen) atoms. The fourth-order valence-electron chi connectivity index (χ4n) is 2.50. The topological polar surface area (TPSA) is 72.2 Å². The first-order chi connectivity index (χ1) is 11.5. The highest BCUT2D eigenvalue weighted by Crippen LogP contribution is 2.18. The van der Waals surface area contributed by atoms with Crippen molar-refractivity contribution in [3.63, 3.8) is 0 Å². The van der Waals surface area contributed by atoms with E-state index in [2.05, 4.69) is 23.6 Å². The van der Waals surface area contributed by atoms with Gasteiger partial charge in [0.15, 0.2) is 12.0 Å². The van der Waals surface area contributed by atoms with Crippen LogP contribution in [0.5, 0.6) is 0 Å². The highest BCUT2D eigenvalue weighted by atomic mass is 32.2. The predicted octanol–water partition coefficient (Wildman–Crippen LogP) is 3.47. The summed E-state index contributed by atoms with van der Waals surface area (Å²) in [5, 5.41) is 0. The number of nitrogens with one attached hydrogen (secondary N) is 1. The highest BCUT2D eigenvalue weighted by molar-refractivity contribution is 7.89. The van der Waals surface area contributed by atoms with Crippen molar-refractivity contribution in [3.05, 3.63) is 60.0 Å². The molecule has 3 aromatic rings. The fourth-order valence-corrected chi connectivity index (χ4v) is 3.53. The molecule has 0 aliphatic rings. The second kappa shape index (κ2) is 6.75. The number of oxazole rings is 1. The van der Waals surface area contributed by atoms with E-state index in [0.29, 0.717) is 24.5 Å². The molecule has 0 radical (unpaired) electrons. The lowest BCUT2D eigenvalue weighted by Gasteiger charge is -2.09. The van der Waals surface area contributed by atoms with Gasteiger partial charge >= 0.3 is 0 Å². The van der Waals surface area contributed by atoms with E-state index in [0.717, 1.165) is 16.6 Å². The summed E-state index contributed by atoms with van der Waals surface area (Å²) in [5.74, 6) is 0.376. The number of hydrogen-bond donors (Lipinski definition) is 1. The number of aromatic nitrogens is 1. The smallest absolute Gasteiger partial charge is 0.240 e. The molecule has 0 spiro atoms. The minimum absolute atomic E-state index is 0.289. The van der Waals surface area contributed by atoms with Crippen molar-refractivity contribution >= 4 is 21.1 Å². The van der Waals surface area contributed by atoms with Crippen LogP contribution in [0.25, 0.3) is 11.1 Å². The van der Waals surface area contributed by atoms with Gasteiger partial charge in [-0.1, -0.05) is 32.0 Å². The van der Waals surface area contributed by atoms with Crippen molar-refractivity contribution in [2.75, 3.05) is 6.54 Å². The van der Waals surface area contributed by atoms with E-state index in [1.807, 2.05) is 30.3 Å². The molecule has 0 aliphatic carbocycles. The van der Waals surface area contributed by atoms with Gasteiger partial charge in [-0.25, -0.2) is 18.1 Å². The highest BCUT2D eigenvalue weighted by Gasteiger charge is 2.13. The Balaban J connectivity index is 1.64. The van der Waals surface area contributed by atoms with Gasteiger partial charge in [0.2, 0.25) is 10.0 Å². The number of benzene rings is 2. The van der Waals surface area contributed by atoms with E-state index in [1.54, 1.807) is 12.1 Å². The summed E-state index contributed by atoms with van der Waals surface area (Å²) in [6.07, 6.45) is 1.98. The number of hydrogen-bond acceptors (Lipinski definition) is 4. The number of rotatable bonds is 6. The Kier molecular flexibility index (Phi) is 4.69. The molecule has 1 N–H and O–H groups in total. The average Bonchev–Trinajstić information content (AvgIpc) is 3.02. The molecule has 0 saturated carbocycles. The summed E-state index contributed by atoms with van der Waals surface area (Å²) in [6, 6.07) is 12.7. The SMILES string of the molecule is CC(C)c1ccc(S(=O)(=O)NCCc2ccc3ncoc3c2)cc1. The monoisotopic (exact) mass is 344 g/mol. The fraction of sp³-hybridized carbons (Fsp3) is 0.278. The van der Waals surface area contributed by atoms with Crippen LogP contribution in [0.4, 0.5) is 0 Å². The zero-order chi connectivity index (χ0) is 17.2. The first-order valence-corrected chi connectivity index (χ1v) is 9.36. The molecule has 0 amide bonds. The third kappa shape index (κ3) is 3.66. The van der Waals surface area contributed by atoms with E-state index < -0.39 is 10.0 Å². The Morgan fingerprint density at radius 1 is 1.12 bits per heavy atom. The number of nitrogens with zero attached hydrogens (tertiary/aromatic N) is 1. The van der Waals surface area contributed by atoms with E-state index in [9.17, 15) is 8.42 Å². The lowest BCUT2D eigenvalue weighted by Crippen LogP contribution is -2.26. The molecule has 1 heterocycles. The van der Waals surface area contributed by atoms with Crippen molar-refractivity contribution in [1.29, 1.82) is 0 Å². The zero-order valence-corrected chi connectivity index (χ0v) is 14.5. The van der Waals surface area contributed by atoms with Crippen molar-refractivity contribution in [3.8, 4) is 0 Å². The van der Waals surface area contributed by atoms with Crippen LogP contribution in [0.3, 0.4) is 0 Å². The molecule has 0 bridgehead atoms. The number of sulfonamides is 1. The Labute approximate surface area is 141 Å². The van der Waals surface area contributed by atoms with Crippen LogP contribution in [0.15, 0.2) is 58.2 Å². The van der Waals surface area contributed by atoms with Gasteiger partial charge in [0.05, 0.1) is 4.90 Å². The average molecular weight is 344 g/mol. The van der Waals surface area contributed by atoms with Crippen LogP contribution in [-0.4, -0.2) is 19.9 Å². The standard InChI is InChI=1S/C18H20N2O3S/c1-13(2)15-4-6-16(7-5-15)24(21,22)20-10-9-14-3-8-17-18(11-14)23-12-19-17/h3-8,11-13,20H,9-10H2,1-2H3. The summed E-state index contributed by atoms with van der Waals surface area (Å²) >= 11 is 0. The maximum absolute atomic E-state index is 12.3. The third-order valence-corrected chi connectivity index (χ3v) is 5.44. The Morgan fingerprint density at radius 2 is 1.88 bits per heavy atom. The quantitative estimate of drug-likeness (QED) is 0.743. The van der Waals surface area contributed by atoms with Crippen molar-refractivity contribution in [2.24, 2.45) is 0 Å². The molecule has 5 nitrogen and oxygen atoms in total. The molecule has 0 saturated heterocycles. The second-order valence-corrected chi connectivity index (χ2v) is 7.79. The Hall–Kier alpha value is -2.18. The second-order valence-electron chi connectivity index (χ2n) is 6.03. The predicted molar refractivity (Wildman–Crippen MR) is 93.4 cm³/mol. The van der Waals surface area contributed by atoms with Gasteiger partial charge in [0, 0.05) is 6.54 Å². The summed E-state index contributed by atoms with van der Waals surface area (Å²) < 4.78 is 32.6. The van der Waals surface area contributed by atoms with Crippen molar-refractivity contribution < 1.29 is 12.8 Å². The molecule has 0 unspecified atom stereocenters. The molecule has 1 aromatic heterocycles. The van der Waals surface area contributed by atoms with Crippen molar-refractivity contribution in [1.82, 2.24) is 9.71 Å². The Morgan fingerprint density at radius 3 is 2.58 bits per heavy atom. The molecular formula is C18H20N2O3S. The molecule has 126 valence electrons. The zero-order valence-electron chi connectivity index (χ0n) is 13.7. The lowest BCUT2D eigenvalue weighted by molar-refractivity contribution is 0.581. The van der Waals surface area contributed by atoms with Crippen LogP contribution in [-0.2, 0) is 16.4 Å². The van der Waals surface area contributed by atoms with E-state index in [1.165, 1.54) is 6.39 Å². The molecule has 0 atom stereocenters. The molecule has 2 aromatic carbocycles. The number of fused-ring (bicyclic) bond motifs is 1. The Bertz CT molecular complexity index is 928. The minimum atomic E-state index is -3.49. The first-order valence-electron chi connectivity index (χ1n) is 7.87. The van der Waals surface area contributed by atoms with Gasteiger partial charge in [0.1, 0.15) is 5.52 Å². The molecular weight excluding hydrogens is 324 g/mol. The first kappa shape index (κ1) is 16.7. The maximum atomic E-state index is 12.3. The maximum Gasteiger partial charge on any atom is 0.240 e. The van der Waals surface area contributed by atoms with Gasteiger partial charge in [-0.3, -0.25) is 0 Å². The largest absolute Gasteiger partial charge is 0.443 e. The molecule has 3 rings (SSSR count). The van der Waals surface area contributed by atoms with Gasteiger partial charge in [0.25, 0.3) is 0 Å². The molecule has 6 heteroatoms. The summed E-state index contributed by atoms with van der Waals surface area (Å²) in [6.45, 7) is 4.48. The van der Waals surface area contributed by atoms with Gasteiger partial charge in [-0.15, -0.1) is 0 Å². The van der Waals surface area contributed by atoms with Crippen LogP contribution < -0.4 is 4.72 Å². The summed E-state index contributed by atoms with van der Waals surface area (Å²) in [4.78, 5) is 4.35. The van der Waals surface area contributed by atoms with Crippen LogP contribution in [0.1, 0.15) is 30.9 Å². The normalized spacial score (nSPS) is 12.1. The van der Waals surface area contributed by atoms with E-state index >= 15 is 0 Å². The van der Waals surface area contributed by atoms with Gasteiger partial charge < -0.3 is 4.42 Å². The molecule has 0 aliphatic heterocycles. The van der Waals surface area contributed by atoms with Gasteiger partial charge in [-0.05, 0) is 47.7 Å².